The molecule has 18 heavy (non-hydrogen) atoms. The van der Waals surface area contributed by atoms with Crippen molar-refractivity contribution in [3.63, 3.8) is 0 Å². The molecule has 0 saturated carbocycles. The standard InChI is InChI=1S/C13H20O.2C2H6/c1-3-7-12(2)10-14-11-13-8-5-4-6-9-13;2*1-2/h4-6,8-9,12H,3,7,10-11H2,1-2H3;2*1-2H3. The third kappa shape index (κ3) is 11.7. The van der Waals surface area contributed by atoms with Crippen molar-refractivity contribution in [2.75, 3.05) is 6.61 Å². The Morgan fingerprint density at radius 3 is 2.06 bits per heavy atom. The van der Waals surface area contributed by atoms with E-state index in [4.69, 9.17) is 4.74 Å². The lowest BCUT2D eigenvalue weighted by atomic mass is 10.1. The molecule has 1 aromatic carbocycles. The summed E-state index contributed by atoms with van der Waals surface area (Å²) in [5, 5.41) is 0. The van der Waals surface area contributed by atoms with Gasteiger partial charge in [0.25, 0.3) is 0 Å². The highest BCUT2D eigenvalue weighted by atomic mass is 16.5. The number of rotatable bonds is 6. The number of benzene rings is 1. The van der Waals surface area contributed by atoms with E-state index in [1.165, 1.54) is 18.4 Å². The molecule has 0 aromatic heterocycles. The average Bonchev–Trinajstić information content (AvgIpc) is 2.45. The molecule has 0 heterocycles. The van der Waals surface area contributed by atoms with Gasteiger partial charge in [0, 0.05) is 6.61 Å². The van der Waals surface area contributed by atoms with Gasteiger partial charge >= 0.3 is 0 Å². The molecule has 0 saturated heterocycles. The zero-order valence-electron chi connectivity index (χ0n) is 13.2. The van der Waals surface area contributed by atoms with E-state index < -0.39 is 0 Å². The largest absolute Gasteiger partial charge is 0.376 e. The molecule has 0 aliphatic heterocycles. The highest BCUT2D eigenvalue weighted by Crippen LogP contribution is 2.07. The fourth-order valence-corrected chi connectivity index (χ4v) is 1.53. The minimum atomic E-state index is 0.684. The fraction of sp³-hybridized carbons (Fsp3) is 0.647. The SMILES string of the molecule is CC.CC.CCCC(C)COCc1ccccc1. The van der Waals surface area contributed by atoms with Gasteiger partial charge in [-0.2, -0.15) is 0 Å². The van der Waals surface area contributed by atoms with Crippen LogP contribution in [0.5, 0.6) is 0 Å². The molecule has 0 N–H and O–H groups in total. The van der Waals surface area contributed by atoms with Crippen LogP contribution in [0.25, 0.3) is 0 Å². The lowest BCUT2D eigenvalue weighted by Crippen LogP contribution is -2.05. The van der Waals surface area contributed by atoms with E-state index in [1.807, 2.05) is 45.9 Å². The van der Waals surface area contributed by atoms with Crippen molar-refractivity contribution in [3.8, 4) is 0 Å². The van der Waals surface area contributed by atoms with Crippen molar-refractivity contribution in [2.24, 2.45) is 5.92 Å². The molecule has 1 rings (SSSR count). The molecule has 0 radical (unpaired) electrons. The van der Waals surface area contributed by atoms with Crippen LogP contribution < -0.4 is 0 Å². The van der Waals surface area contributed by atoms with Crippen LogP contribution in [0.4, 0.5) is 0 Å². The second-order valence-corrected chi connectivity index (χ2v) is 3.89. The van der Waals surface area contributed by atoms with Gasteiger partial charge in [0.1, 0.15) is 0 Å². The van der Waals surface area contributed by atoms with Crippen molar-refractivity contribution in [2.45, 2.75) is 61.0 Å². The van der Waals surface area contributed by atoms with E-state index in [0.29, 0.717) is 5.92 Å². The summed E-state index contributed by atoms with van der Waals surface area (Å²) in [4.78, 5) is 0. The van der Waals surface area contributed by atoms with Crippen LogP contribution in [0.2, 0.25) is 0 Å². The highest BCUT2D eigenvalue weighted by molar-refractivity contribution is 5.13. The van der Waals surface area contributed by atoms with E-state index in [9.17, 15) is 0 Å². The second-order valence-electron chi connectivity index (χ2n) is 3.89. The molecule has 106 valence electrons. The Hall–Kier alpha value is -0.820. The summed E-state index contributed by atoms with van der Waals surface area (Å²) >= 11 is 0. The third-order valence-corrected chi connectivity index (χ3v) is 2.30. The number of hydrogen-bond donors (Lipinski definition) is 0. The average molecular weight is 252 g/mol. The smallest absolute Gasteiger partial charge is 0.0717 e. The number of ether oxygens (including phenoxy) is 1. The van der Waals surface area contributed by atoms with E-state index in [2.05, 4.69) is 26.0 Å². The molecule has 1 atom stereocenters. The Bertz CT molecular complexity index is 231. The molecule has 1 heteroatoms. The molecule has 1 unspecified atom stereocenters. The van der Waals surface area contributed by atoms with Crippen molar-refractivity contribution in [1.82, 2.24) is 0 Å². The summed E-state index contributed by atoms with van der Waals surface area (Å²) < 4.78 is 5.63. The first-order chi connectivity index (χ1) is 8.83. The van der Waals surface area contributed by atoms with Crippen LogP contribution in [0.15, 0.2) is 30.3 Å². The van der Waals surface area contributed by atoms with Gasteiger partial charge in [0.05, 0.1) is 6.61 Å². The van der Waals surface area contributed by atoms with Crippen LogP contribution in [-0.4, -0.2) is 6.61 Å². The Labute approximate surface area is 115 Å². The van der Waals surface area contributed by atoms with E-state index in [-0.39, 0.29) is 0 Å². The molecule has 1 aromatic rings. The minimum absolute atomic E-state index is 0.684. The molecule has 0 aliphatic rings. The van der Waals surface area contributed by atoms with Gasteiger partial charge in [0.2, 0.25) is 0 Å². The van der Waals surface area contributed by atoms with Crippen LogP contribution in [0.3, 0.4) is 0 Å². The van der Waals surface area contributed by atoms with Gasteiger partial charge in [-0.3, -0.25) is 0 Å². The molecule has 0 amide bonds. The van der Waals surface area contributed by atoms with Crippen molar-refractivity contribution >= 4 is 0 Å². The van der Waals surface area contributed by atoms with Crippen LogP contribution in [0, 0.1) is 5.92 Å². The van der Waals surface area contributed by atoms with E-state index >= 15 is 0 Å². The summed E-state index contributed by atoms with van der Waals surface area (Å²) in [7, 11) is 0. The minimum Gasteiger partial charge on any atom is -0.376 e. The topological polar surface area (TPSA) is 9.23 Å². The van der Waals surface area contributed by atoms with Crippen LogP contribution >= 0.6 is 0 Å². The molecular formula is C17H32O. The fourth-order valence-electron chi connectivity index (χ4n) is 1.53. The van der Waals surface area contributed by atoms with E-state index in [0.717, 1.165) is 13.2 Å². The number of hydrogen-bond acceptors (Lipinski definition) is 1. The molecular weight excluding hydrogens is 220 g/mol. The second kappa shape index (κ2) is 16.2. The predicted molar refractivity (Wildman–Crippen MR) is 82.9 cm³/mol. The molecule has 0 aliphatic carbocycles. The van der Waals surface area contributed by atoms with Crippen LogP contribution in [-0.2, 0) is 11.3 Å². The maximum atomic E-state index is 5.63. The zero-order valence-corrected chi connectivity index (χ0v) is 13.2. The maximum absolute atomic E-state index is 5.63. The molecule has 0 spiro atoms. The van der Waals surface area contributed by atoms with Gasteiger partial charge in [0.15, 0.2) is 0 Å². The third-order valence-electron chi connectivity index (χ3n) is 2.30. The Morgan fingerprint density at radius 1 is 1.00 bits per heavy atom. The van der Waals surface area contributed by atoms with Crippen LogP contribution in [0.1, 0.15) is 59.9 Å². The Morgan fingerprint density at radius 2 is 1.56 bits per heavy atom. The van der Waals surface area contributed by atoms with Gasteiger partial charge in [-0.1, -0.05) is 78.3 Å². The van der Waals surface area contributed by atoms with Gasteiger partial charge in [-0.25, -0.2) is 0 Å². The van der Waals surface area contributed by atoms with Crippen molar-refractivity contribution in [1.29, 1.82) is 0 Å². The molecule has 1 nitrogen and oxygen atoms in total. The van der Waals surface area contributed by atoms with Gasteiger partial charge < -0.3 is 4.74 Å². The normalized spacial score (nSPS) is 10.6. The highest BCUT2D eigenvalue weighted by Gasteiger charge is 2.00. The lowest BCUT2D eigenvalue weighted by Gasteiger charge is -2.10. The summed E-state index contributed by atoms with van der Waals surface area (Å²) in [6.07, 6.45) is 2.50. The van der Waals surface area contributed by atoms with Gasteiger partial charge in [-0.05, 0) is 17.9 Å². The lowest BCUT2D eigenvalue weighted by molar-refractivity contribution is 0.0893. The van der Waals surface area contributed by atoms with Crippen molar-refractivity contribution in [3.05, 3.63) is 35.9 Å². The Kier molecular flexibility index (Phi) is 17.5. The first kappa shape index (κ1) is 19.5. The summed E-state index contributed by atoms with van der Waals surface area (Å²) in [5.74, 6) is 0.684. The Balaban J connectivity index is 0. The quantitative estimate of drug-likeness (QED) is 0.631. The molecule has 0 bridgehead atoms. The zero-order chi connectivity index (χ0) is 14.2. The maximum Gasteiger partial charge on any atom is 0.0717 e. The van der Waals surface area contributed by atoms with Gasteiger partial charge in [-0.15, -0.1) is 0 Å². The molecule has 0 fully saturated rings. The van der Waals surface area contributed by atoms with Crippen molar-refractivity contribution < 1.29 is 4.74 Å². The first-order valence-electron chi connectivity index (χ1n) is 7.44. The first-order valence-corrected chi connectivity index (χ1v) is 7.44. The summed E-state index contributed by atoms with van der Waals surface area (Å²) in [5.41, 5.74) is 1.26. The summed E-state index contributed by atoms with van der Waals surface area (Å²) in [6.45, 7) is 14.1. The monoisotopic (exact) mass is 252 g/mol. The van der Waals surface area contributed by atoms with E-state index in [1.54, 1.807) is 0 Å². The predicted octanol–water partition coefficient (Wildman–Crippen LogP) is 5.69. The summed E-state index contributed by atoms with van der Waals surface area (Å²) in [6, 6.07) is 10.3.